The van der Waals surface area contributed by atoms with Crippen molar-refractivity contribution in [3.8, 4) is 17.2 Å². The van der Waals surface area contributed by atoms with Gasteiger partial charge in [0.2, 0.25) is 5.75 Å². The Morgan fingerprint density at radius 1 is 1.04 bits per heavy atom. The van der Waals surface area contributed by atoms with Crippen LogP contribution in [0.2, 0.25) is 0 Å². The Kier molecular flexibility index (Phi) is 6.24. The van der Waals surface area contributed by atoms with E-state index in [4.69, 9.17) is 14.2 Å². The number of rotatable bonds is 8. The van der Waals surface area contributed by atoms with Crippen molar-refractivity contribution in [2.75, 3.05) is 21.3 Å². The van der Waals surface area contributed by atoms with Gasteiger partial charge in [0.15, 0.2) is 11.5 Å². The summed E-state index contributed by atoms with van der Waals surface area (Å²) in [5.41, 5.74) is 2.14. The number of hydrogen-bond donors (Lipinski definition) is 1. The molecule has 0 amide bonds. The zero-order chi connectivity index (χ0) is 16.8. The second-order valence-electron chi connectivity index (χ2n) is 5.47. The molecule has 126 valence electrons. The molecule has 0 radical (unpaired) electrons. The average Bonchev–Trinajstić information content (AvgIpc) is 3.03. The Labute approximate surface area is 141 Å². The van der Waals surface area contributed by atoms with Gasteiger partial charge in [0.1, 0.15) is 0 Å². The molecule has 0 saturated carbocycles. The maximum atomic E-state index is 5.37. The van der Waals surface area contributed by atoms with Crippen LogP contribution in [0, 0.1) is 0 Å². The smallest absolute Gasteiger partial charge is 0.203 e. The van der Waals surface area contributed by atoms with Crippen molar-refractivity contribution < 1.29 is 14.2 Å². The van der Waals surface area contributed by atoms with Crippen LogP contribution in [0.25, 0.3) is 0 Å². The highest BCUT2D eigenvalue weighted by Gasteiger charge is 2.13. The van der Waals surface area contributed by atoms with Gasteiger partial charge in [-0.1, -0.05) is 13.8 Å². The first-order chi connectivity index (χ1) is 11.1. The summed E-state index contributed by atoms with van der Waals surface area (Å²) < 4.78 is 16.1. The third-order valence-corrected chi connectivity index (χ3v) is 4.62. The third kappa shape index (κ3) is 4.36. The Hall–Kier alpha value is -1.79. The minimum absolute atomic E-state index is 0.476. The van der Waals surface area contributed by atoms with E-state index in [0.717, 1.165) is 17.8 Å². The van der Waals surface area contributed by atoms with Gasteiger partial charge in [0.25, 0.3) is 0 Å². The van der Waals surface area contributed by atoms with Crippen molar-refractivity contribution in [2.45, 2.75) is 32.9 Å². The van der Waals surface area contributed by atoms with E-state index >= 15 is 0 Å². The number of nitrogens with zero attached hydrogens (tertiary/aromatic N) is 1. The summed E-state index contributed by atoms with van der Waals surface area (Å²) >= 11 is 1.71. The van der Waals surface area contributed by atoms with Gasteiger partial charge < -0.3 is 19.5 Å². The molecule has 23 heavy (non-hydrogen) atoms. The lowest BCUT2D eigenvalue weighted by Gasteiger charge is -2.14. The van der Waals surface area contributed by atoms with E-state index in [9.17, 15) is 0 Å². The molecule has 2 aromatic rings. The quantitative estimate of drug-likeness (QED) is 0.798. The molecule has 5 nitrogen and oxygen atoms in total. The van der Waals surface area contributed by atoms with E-state index in [1.807, 2.05) is 12.1 Å². The first-order valence-corrected chi connectivity index (χ1v) is 8.40. The second-order valence-corrected chi connectivity index (χ2v) is 6.36. The molecule has 0 unspecified atom stereocenters. The zero-order valence-electron chi connectivity index (χ0n) is 14.3. The predicted octanol–water partition coefficient (Wildman–Crippen LogP) is 3.58. The summed E-state index contributed by atoms with van der Waals surface area (Å²) in [4.78, 5) is 4.62. The number of hydrogen-bond acceptors (Lipinski definition) is 6. The van der Waals surface area contributed by atoms with E-state index in [1.165, 1.54) is 5.01 Å². The van der Waals surface area contributed by atoms with Gasteiger partial charge in [-0.05, 0) is 17.7 Å². The summed E-state index contributed by atoms with van der Waals surface area (Å²) in [7, 11) is 4.85. The van der Waals surface area contributed by atoms with E-state index in [2.05, 4.69) is 29.5 Å². The van der Waals surface area contributed by atoms with Crippen molar-refractivity contribution in [2.24, 2.45) is 0 Å². The highest BCUT2D eigenvalue weighted by atomic mass is 32.1. The molecule has 1 heterocycles. The van der Waals surface area contributed by atoms with E-state index < -0.39 is 0 Å². The maximum absolute atomic E-state index is 5.37. The molecule has 0 bridgehead atoms. The van der Waals surface area contributed by atoms with Crippen LogP contribution < -0.4 is 19.5 Å². The first kappa shape index (κ1) is 17.6. The number of methoxy groups -OCH3 is 3. The minimum Gasteiger partial charge on any atom is -0.493 e. The van der Waals surface area contributed by atoms with Crippen molar-refractivity contribution in [3.63, 3.8) is 0 Å². The topological polar surface area (TPSA) is 52.6 Å². The van der Waals surface area contributed by atoms with E-state index in [-0.39, 0.29) is 0 Å². The predicted molar refractivity (Wildman–Crippen MR) is 92.8 cm³/mol. The molecule has 0 spiro atoms. The number of benzene rings is 1. The van der Waals surface area contributed by atoms with Crippen LogP contribution in [0.15, 0.2) is 17.5 Å². The molecule has 1 aromatic heterocycles. The maximum Gasteiger partial charge on any atom is 0.203 e. The van der Waals surface area contributed by atoms with Gasteiger partial charge in [0, 0.05) is 24.4 Å². The number of thiazole rings is 1. The number of nitrogens with one attached hydrogen (secondary N) is 1. The number of ether oxygens (including phenoxy) is 3. The molecule has 0 fully saturated rings. The van der Waals surface area contributed by atoms with Gasteiger partial charge >= 0.3 is 0 Å². The summed E-state index contributed by atoms with van der Waals surface area (Å²) in [6.07, 6.45) is 0. The highest BCUT2D eigenvalue weighted by Crippen LogP contribution is 2.38. The number of aromatic nitrogens is 1. The molecule has 6 heteroatoms. The van der Waals surface area contributed by atoms with Gasteiger partial charge in [-0.2, -0.15) is 0 Å². The lowest BCUT2D eigenvalue weighted by Crippen LogP contribution is -2.13. The van der Waals surface area contributed by atoms with Gasteiger partial charge in [-0.25, -0.2) is 4.98 Å². The van der Waals surface area contributed by atoms with Crippen molar-refractivity contribution >= 4 is 11.3 Å². The fourth-order valence-corrected chi connectivity index (χ4v) is 3.08. The molecule has 2 rings (SSSR count). The first-order valence-electron chi connectivity index (χ1n) is 7.53. The largest absolute Gasteiger partial charge is 0.493 e. The van der Waals surface area contributed by atoms with Crippen LogP contribution in [0.1, 0.15) is 36.0 Å². The van der Waals surface area contributed by atoms with Crippen LogP contribution in [0.5, 0.6) is 17.2 Å². The molecule has 0 saturated heterocycles. The third-order valence-electron chi connectivity index (χ3n) is 3.42. The lowest BCUT2D eigenvalue weighted by molar-refractivity contribution is 0.323. The molecule has 1 N–H and O–H groups in total. The SMILES string of the molecule is COc1cc(CNCc2csc(C(C)C)n2)cc(OC)c1OC. The summed E-state index contributed by atoms with van der Waals surface area (Å²) in [6.45, 7) is 5.75. The van der Waals surface area contributed by atoms with Crippen LogP contribution >= 0.6 is 11.3 Å². The van der Waals surface area contributed by atoms with E-state index in [0.29, 0.717) is 29.7 Å². The Balaban J connectivity index is 2.02. The van der Waals surface area contributed by atoms with Gasteiger partial charge in [-0.15, -0.1) is 11.3 Å². The van der Waals surface area contributed by atoms with Gasteiger partial charge in [-0.3, -0.25) is 0 Å². The fourth-order valence-electron chi connectivity index (χ4n) is 2.24. The van der Waals surface area contributed by atoms with Crippen LogP contribution in [-0.2, 0) is 13.1 Å². The average molecular weight is 336 g/mol. The summed E-state index contributed by atoms with van der Waals surface area (Å²) in [6, 6.07) is 3.91. The second kappa shape index (κ2) is 8.17. The highest BCUT2D eigenvalue weighted by molar-refractivity contribution is 7.09. The Bertz CT molecular complexity index is 616. The van der Waals surface area contributed by atoms with Gasteiger partial charge in [0.05, 0.1) is 32.0 Å². The molecule has 0 aliphatic heterocycles. The standard InChI is InChI=1S/C17H24N2O3S/c1-11(2)17-19-13(10-23-17)9-18-8-12-6-14(20-3)16(22-5)15(7-12)21-4/h6-7,10-11,18H,8-9H2,1-5H3. The zero-order valence-corrected chi connectivity index (χ0v) is 15.1. The Morgan fingerprint density at radius 2 is 1.70 bits per heavy atom. The van der Waals surface area contributed by atoms with Crippen molar-refractivity contribution in [1.82, 2.24) is 10.3 Å². The molecule has 0 aliphatic rings. The molecule has 0 atom stereocenters. The molecular formula is C17H24N2O3S. The molecule has 0 aliphatic carbocycles. The fraction of sp³-hybridized carbons (Fsp3) is 0.471. The normalized spacial score (nSPS) is 10.9. The van der Waals surface area contributed by atoms with Crippen LogP contribution in [-0.4, -0.2) is 26.3 Å². The monoisotopic (exact) mass is 336 g/mol. The minimum atomic E-state index is 0.476. The lowest BCUT2D eigenvalue weighted by atomic mass is 10.1. The van der Waals surface area contributed by atoms with E-state index in [1.54, 1.807) is 32.7 Å². The van der Waals surface area contributed by atoms with Crippen LogP contribution in [0.4, 0.5) is 0 Å². The molecule has 1 aromatic carbocycles. The van der Waals surface area contributed by atoms with Crippen LogP contribution in [0.3, 0.4) is 0 Å². The molecular weight excluding hydrogens is 312 g/mol. The Morgan fingerprint density at radius 3 is 2.17 bits per heavy atom. The summed E-state index contributed by atoms with van der Waals surface area (Å²) in [5.74, 6) is 2.42. The van der Waals surface area contributed by atoms with Crippen molar-refractivity contribution in [3.05, 3.63) is 33.8 Å². The van der Waals surface area contributed by atoms with Crippen molar-refractivity contribution in [1.29, 1.82) is 0 Å². The summed E-state index contributed by atoms with van der Waals surface area (Å²) in [5, 5.41) is 6.69.